The van der Waals surface area contributed by atoms with Gasteiger partial charge in [-0.1, -0.05) is 234 Å². The van der Waals surface area contributed by atoms with Crippen LogP contribution in [0.4, 0.5) is 17.1 Å². The van der Waals surface area contributed by atoms with Crippen molar-refractivity contribution in [1.82, 2.24) is 0 Å². The maximum atomic E-state index is 6.38. The fraction of sp³-hybridized carbons (Fsp3) is 0.0843. The second-order valence-corrected chi connectivity index (χ2v) is 23.8. The summed E-state index contributed by atoms with van der Waals surface area (Å²) in [5.41, 5.74) is 22.9. The Kier molecular flexibility index (Phi) is 12.3. The lowest BCUT2D eigenvalue weighted by Crippen LogP contribution is -2.11. The van der Waals surface area contributed by atoms with Gasteiger partial charge in [0.25, 0.3) is 0 Å². The van der Waals surface area contributed by atoms with Crippen molar-refractivity contribution in [3.8, 4) is 44.5 Å². The van der Waals surface area contributed by atoms with Gasteiger partial charge in [-0.25, -0.2) is 0 Å². The Hall–Kier alpha value is -10.5. The van der Waals surface area contributed by atoms with Crippen molar-refractivity contribution in [2.45, 2.75) is 45.4 Å². The van der Waals surface area contributed by atoms with Gasteiger partial charge in [-0.05, 0) is 184 Å². The molecule has 1 unspecified atom stereocenters. The van der Waals surface area contributed by atoms with E-state index in [1.54, 1.807) is 0 Å². The van der Waals surface area contributed by atoms with Crippen LogP contribution in [0.5, 0.6) is 0 Å². The highest BCUT2D eigenvalue weighted by atomic mass is 16.3. The number of anilines is 3. The van der Waals surface area contributed by atoms with Crippen LogP contribution in [0, 0.1) is 0 Å². The third-order valence-corrected chi connectivity index (χ3v) is 18.1. The highest BCUT2D eigenvalue weighted by Crippen LogP contribution is 2.50. The molecule has 16 aromatic rings. The van der Waals surface area contributed by atoms with Crippen LogP contribution in [-0.2, 0) is 0 Å². The quantitative estimate of drug-likeness (QED) is 0.0902. The molecule has 0 radical (unpaired) electrons. The molecule has 0 aliphatic heterocycles. The molecule has 2 heterocycles. The van der Waals surface area contributed by atoms with Crippen molar-refractivity contribution in [3.63, 3.8) is 0 Å². The molecule has 0 aliphatic carbocycles. The fourth-order valence-corrected chi connectivity index (χ4v) is 14.0. The zero-order chi connectivity index (χ0) is 57.6. The number of fused-ring (bicyclic) bond motifs is 6. The Labute approximate surface area is 501 Å². The molecule has 0 aliphatic rings. The zero-order valence-electron chi connectivity index (χ0n) is 48.6. The molecule has 2 aromatic heterocycles. The molecule has 0 N–H and O–H groups in total. The average molecular weight is 1100 g/mol. The zero-order valence-corrected chi connectivity index (χ0v) is 48.6. The lowest BCUT2D eigenvalue weighted by atomic mass is 9.79. The molecule has 0 saturated carbocycles. The standard InChI is InChI=1S/C83H61NO2/c1-51(2)70-49-72(55-31-33-57(34-32-55)81(65-27-12-11-23-61(65)53-19-7-5-8-20-53)58-37-45-79-74(47-58)63-25-14-17-29-77(63)85-79)68-43-41-67-71(52(3)4)50-73(69-44-42-66(70)82(68)83(67)69)56-35-38-59(39-36-56)84(76-28-16-13-24-62(76)54-21-9-6-10-22-54)60-40-46-80-75(48-60)64-26-15-18-30-78(64)86-80/h5-52,81H,1-4H3. The second kappa shape index (κ2) is 20.7. The van der Waals surface area contributed by atoms with Gasteiger partial charge in [0, 0.05) is 44.4 Å². The smallest absolute Gasteiger partial charge is 0.135 e. The van der Waals surface area contributed by atoms with E-state index in [2.05, 4.69) is 300 Å². The molecule has 0 bridgehead atoms. The molecule has 0 saturated heterocycles. The third kappa shape index (κ3) is 8.48. The number of hydrogen-bond donors (Lipinski definition) is 0. The molecule has 0 amide bonds. The van der Waals surface area contributed by atoms with Crippen LogP contribution < -0.4 is 4.90 Å². The van der Waals surface area contributed by atoms with Gasteiger partial charge in [0.15, 0.2) is 0 Å². The SMILES string of the molecule is CC(C)c1cc(-c2ccc(C(c3ccc4oc5ccccc5c4c3)c3ccccc3-c3ccccc3)cc2)c2ccc3c(C(C)C)cc(-c4ccc(N(c5ccc6oc7ccccc7c6c5)c5ccccc5-c5ccccc5)cc4)c4ccc1c2c43. The number of hydrogen-bond acceptors (Lipinski definition) is 3. The van der Waals surface area contributed by atoms with Crippen molar-refractivity contribution in [2.24, 2.45) is 0 Å². The van der Waals surface area contributed by atoms with Gasteiger partial charge in [-0.15, -0.1) is 0 Å². The van der Waals surface area contributed by atoms with E-state index in [0.717, 1.165) is 66.5 Å². The number of nitrogens with zero attached hydrogens (tertiary/aromatic N) is 1. The van der Waals surface area contributed by atoms with Gasteiger partial charge >= 0.3 is 0 Å². The van der Waals surface area contributed by atoms with Crippen molar-refractivity contribution in [2.75, 3.05) is 4.90 Å². The van der Waals surface area contributed by atoms with Crippen molar-refractivity contribution in [3.05, 3.63) is 307 Å². The van der Waals surface area contributed by atoms with E-state index in [9.17, 15) is 0 Å². The second-order valence-electron chi connectivity index (χ2n) is 23.8. The summed E-state index contributed by atoms with van der Waals surface area (Å²) in [6.45, 7) is 9.37. The van der Waals surface area contributed by atoms with E-state index in [1.807, 2.05) is 12.1 Å². The lowest BCUT2D eigenvalue weighted by Gasteiger charge is -2.28. The Bertz CT molecular complexity index is 4890. The summed E-state index contributed by atoms with van der Waals surface area (Å²) in [4.78, 5) is 2.41. The molecule has 3 heteroatoms. The van der Waals surface area contributed by atoms with Gasteiger partial charge in [0.1, 0.15) is 22.3 Å². The van der Waals surface area contributed by atoms with Gasteiger partial charge in [0.05, 0.1) is 5.69 Å². The fourth-order valence-electron chi connectivity index (χ4n) is 14.0. The Balaban J connectivity index is 0.841. The number of rotatable bonds is 12. The van der Waals surface area contributed by atoms with Crippen LogP contribution in [0.1, 0.15) is 73.3 Å². The summed E-state index contributed by atoms with van der Waals surface area (Å²) in [5, 5.41) is 12.3. The number of furan rings is 2. The summed E-state index contributed by atoms with van der Waals surface area (Å²) in [5.74, 6) is 0.541. The Morgan fingerprint density at radius 3 is 1.29 bits per heavy atom. The van der Waals surface area contributed by atoms with Crippen LogP contribution in [0.15, 0.2) is 288 Å². The molecular formula is C83H61NO2. The third-order valence-electron chi connectivity index (χ3n) is 18.1. The number of benzene rings is 14. The van der Waals surface area contributed by atoms with E-state index < -0.39 is 0 Å². The largest absolute Gasteiger partial charge is 0.456 e. The van der Waals surface area contributed by atoms with Gasteiger partial charge < -0.3 is 13.7 Å². The Morgan fingerprint density at radius 2 is 0.698 bits per heavy atom. The number of para-hydroxylation sites is 3. The van der Waals surface area contributed by atoms with Gasteiger partial charge in [-0.3, -0.25) is 0 Å². The molecule has 14 aromatic carbocycles. The highest BCUT2D eigenvalue weighted by molar-refractivity contribution is 6.29. The summed E-state index contributed by atoms with van der Waals surface area (Å²) in [7, 11) is 0. The van der Waals surface area contributed by atoms with E-state index in [-0.39, 0.29) is 5.92 Å². The van der Waals surface area contributed by atoms with E-state index >= 15 is 0 Å². The van der Waals surface area contributed by atoms with Crippen LogP contribution in [0.3, 0.4) is 0 Å². The summed E-state index contributed by atoms with van der Waals surface area (Å²) in [6, 6.07) is 103. The molecule has 16 rings (SSSR count). The topological polar surface area (TPSA) is 29.5 Å². The first kappa shape index (κ1) is 51.2. The minimum absolute atomic E-state index is 0.0477. The van der Waals surface area contributed by atoms with Crippen LogP contribution in [-0.4, -0.2) is 0 Å². The minimum atomic E-state index is -0.0477. The maximum absolute atomic E-state index is 6.38. The summed E-state index contributed by atoms with van der Waals surface area (Å²) in [6.07, 6.45) is 0. The minimum Gasteiger partial charge on any atom is -0.456 e. The first-order valence-electron chi connectivity index (χ1n) is 30.2. The van der Waals surface area contributed by atoms with Crippen LogP contribution >= 0.6 is 0 Å². The molecule has 3 nitrogen and oxygen atoms in total. The van der Waals surface area contributed by atoms with Crippen LogP contribution in [0.25, 0.3) is 121 Å². The Morgan fingerprint density at radius 1 is 0.267 bits per heavy atom. The van der Waals surface area contributed by atoms with Crippen molar-refractivity contribution < 1.29 is 8.83 Å². The monoisotopic (exact) mass is 1100 g/mol. The predicted octanol–water partition coefficient (Wildman–Crippen LogP) is 23.9. The van der Waals surface area contributed by atoms with E-state index in [0.29, 0.717) is 11.8 Å². The van der Waals surface area contributed by atoms with Gasteiger partial charge in [-0.2, -0.15) is 0 Å². The average Bonchev–Trinajstić information content (AvgIpc) is 1.08. The lowest BCUT2D eigenvalue weighted by molar-refractivity contribution is 0.668. The highest BCUT2D eigenvalue weighted by Gasteiger charge is 2.26. The first-order valence-corrected chi connectivity index (χ1v) is 30.2. The van der Waals surface area contributed by atoms with Gasteiger partial charge in [0.2, 0.25) is 0 Å². The normalized spacial score (nSPS) is 12.3. The predicted molar refractivity (Wildman–Crippen MR) is 363 cm³/mol. The summed E-state index contributed by atoms with van der Waals surface area (Å²) >= 11 is 0. The molecule has 1 atom stereocenters. The van der Waals surface area contributed by atoms with Crippen molar-refractivity contribution >= 4 is 93.3 Å². The molecular weight excluding hydrogens is 1040 g/mol. The molecule has 0 fully saturated rings. The molecule has 410 valence electrons. The van der Waals surface area contributed by atoms with Crippen LogP contribution in [0.2, 0.25) is 0 Å². The first-order chi connectivity index (χ1) is 42.3. The van der Waals surface area contributed by atoms with Crippen molar-refractivity contribution in [1.29, 1.82) is 0 Å². The van der Waals surface area contributed by atoms with E-state index in [1.165, 1.54) is 99.1 Å². The maximum Gasteiger partial charge on any atom is 0.135 e. The van der Waals surface area contributed by atoms with E-state index in [4.69, 9.17) is 8.83 Å². The molecule has 86 heavy (non-hydrogen) atoms. The molecule has 0 spiro atoms. The summed E-state index contributed by atoms with van der Waals surface area (Å²) < 4.78 is 12.7.